The number of primary amides is 1. The average Bonchev–Trinajstić information content (AvgIpc) is 2.47. The predicted octanol–water partition coefficient (Wildman–Crippen LogP) is -0.152. The van der Waals surface area contributed by atoms with Crippen molar-refractivity contribution in [2.75, 3.05) is 13.2 Å². The average molecular weight is 328 g/mol. The first-order valence-electron chi connectivity index (χ1n) is 7.59. The van der Waals surface area contributed by atoms with Gasteiger partial charge in [0.2, 0.25) is 0 Å². The van der Waals surface area contributed by atoms with Crippen LogP contribution in [-0.4, -0.2) is 43.1 Å². The van der Waals surface area contributed by atoms with Gasteiger partial charge in [0.05, 0.1) is 0 Å². The van der Waals surface area contributed by atoms with E-state index in [1.54, 1.807) is 0 Å². The van der Waals surface area contributed by atoms with Crippen LogP contribution in [0.3, 0.4) is 0 Å². The molecule has 0 unspecified atom stereocenters. The highest BCUT2D eigenvalue weighted by Gasteiger charge is 2.28. The molecule has 5 amide bonds. The van der Waals surface area contributed by atoms with E-state index in [1.807, 2.05) is 5.32 Å². The van der Waals surface area contributed by atoms with E-state index >= 15 is 0 Å². The lowest BCUT2D eigenvalue weighted by molar-refractivity contribution is -0.147. The predicted molar refractivity (Wildman–Crippen MR) is 81.2 cm³/mol. The van der Waals surface area contributed by atoms with Crippen LogP contribution < -0.4 is 21.7 Å². The molecule has 0 aromatic heterocycles. The van der Waals surface area contributed by atoms with Crippen molar-refractivity contribution in [2.24, 2.45) is 17.6 Å². The molecule has 0 aromatic rings. The Morgan fingerprint density at radius 3 is 2.52 bits per heavy atom. The van der Waals surface area contributed by atoms with Gasteiger partial charge in [-0.25, -0.2) is 9.59 Å². The van der Waals surface area contributed by atoms with E-state index in [-0.39, 0.29) is 6.04 Å². The molecule has 0 heterocycles. The van der Waals surface area contributed by atoms with Crippen LogP contribution in [0.1, 0.15) is 33.1 Å². The Labute approximate surface area is 134 Å². The summed E-state index contributed by atoms with van der Waals surface area (Å²) < 4.78 is 4.58. The Bertz CT molecular complexity index is 468. The van der Waals surface area contributed by atoms with Gasteiger partial charge in [-0.1, -0.05) is 26.7 Å². The van der Waals surface area contributed by atoms with Crippen LogP contribution in [0.2, 0.25) is 0 Å². The SMILES string of the molecule is C[C@@H]1[C@H](C)CCC[C@@H]1NC(=O)NC(=O)COC(=O)CNC(N)=O. The van der Waals surface area contributed by atoms with Gasteiger partial charge in [0.25, 0.3) is 5.91 Å². The Morgan fingerprint density at radius 1 is 1.17 bits per heavy atom. The summed E-state index contributed by atoms with van der Waals surface area (Å²) in [5.74, 6) is -0.716. The van der Waals surface area contributed by atoms with Gasteiger partial charge in [-0.3, -0.25) is 14.9 Å². The molecule has 1 saturated carbocycles. The summed E-state index contributed by atoms with van der Waals surface area (Å²) in [5.41, 5.74) is 4.78. The van der Waals surface area contributed by atoms with E-state index in [1.165, 1.54) is 0 Å². The number of hydrogen-bond donors (Lipinski definition) is 4. The molecule has 1 aliphatic rings. The fourth-order valence-electron chi connectivity index (χ4n) is 2.51. The van der Waals surface area contributed by atoms with E-state index in [9.17, 15) is 19.2 Å². The number of rotatable bonds is 5. The maximum atomic E-state index is 11.8. The normalized spacial score (nSPS) is 23.5. The molecule has 9 heteroatoms. The van der Waals surface area contributed by atoms with Crippen molar-refractivity contribution in [1.82, 2.24) is 16.0 Å². The number of carbonyl (C=O) groups excluding carboxylic acids is 4. The number of imide groups is 1. The van der Waals surface area contributed by atoms with Crippen LogP contribution in [0.5, 0.6) is 0 Å². The van der Waals surface area contributed by atoms with Gasteiger partial charge in [0.15, 0.2) is 6.61 Å². The lowest BCUT2D eigenvalue weighted by atomic mass is 9.78. The van der Waals surface area contributed by atoms with Crippen LogP contribution in [0.4, 0.5) is 9.59 Å². The van der Waals surface area contributed by atoms with Crippen LogP contribution in [0.15, 0.2) is 0 Å². The molecule has 23 heavy (non-hydrogen) atoms. The van der Waals surface area contributed by atoms with Gasteiger partial charge in [-0.2, -0.15) is 0 Å². The summed E-state index contributed by atoms with van der Waals surface area (Å²) in [4.78, 5) is 44.9. The summed E-state index contributed by atoms with van der Waals surface area (Å²) >= 11 is 0. The van der Waals surface area contributed by atoms with Gasteiger partial charge >= 0.3 is 18.0 Å². The molecule has 9 nitrogen and oxygen atoms in total. The zero-order chi connectivity index (χ0) is 17.4. The molecule has 1 aliphatic carbocycles. The molecular formula is C14H24N4O5. The Hall–Kier alpha value is -2.32. The summed E-state index contributed by atoms with van der Waals surface area (Å²) in [7, 11) is 0. The van der Waals surface area contributed by atoms with Crippen molar-refractivity contribution in [3.8, 4) is 0 Å². The van der Waals surface area contributed by atoms with Crippen molar-refractivity contribution in [2.45, 2.75) is 39.2 Å². The van der Waals surface area contributed by atoms with Crippen LogP contribution in [0.25, 0.3) is 0 Å². The van der Waals surface area contributed by atoms with Gasteiger partial charge in [-0.15, -0.1) is 0 Å². The van der Waals surface area contributed by atoms with Gasteiger partial charge < -0.3 is 21.1 Å². The summed E-state index contributed by atoms with van der Waals surface area (Å²) in [5, 5.41) is 6.90. The minimum absolute atomic E-state index is 0.0221. The lowest BCUT2D eigenvalue weighted by Gasteiger charge is -2.34. The molecule has 0 spiro atoms. The van der Waals surface area contributed by atoms with Crippen molar-refractivity contribution < 1.29 is 23.9 Å². The number of hydrogen-bond acceptors (Lipinski definition) is 5. The second kappa shape index (κ2) is 8.96. The number of nitrogens with one attached hydrogen (secondary N) is 3. The molecular weight excluding hydrogens is 304 g/mol. The first-order chi connectivity index (χ1) is 10.8. The quantitative estimate of drug-likeness (QED) is 0.520. The van der Waals surface area contributed by atoms with E-state index in [2.05, 4.69) is 29.2 Å². The number of nitrogens with two attached hydrogens (primary N) is 1. The van der Waals surface area contributed by atoms with Gasteiger partial charge in [-0.05, 0) is 18.3 Å². The summed E-state index contributed by atoms with van der Waals surface area (Å²) in [6, 6.07) is -1.46. The van der Waals surface area contributed by atoms with Gasteiger partial charge in [0, 0.05) is 6.04 Å². The zero-order valence-electron chi connectivity index (χ0n) is 13.4. The first kappa shape index (κ1) is 18.7. The molecule has 1 fully saturated rings. The Kier molecular flexibility index (Phi) is 7.30. The maximum absolute atomic E-state index is 11.8. The van der Waals surface area contributed by atoms with Crippen LogP contribution in [-0.2, 0) is 14.3 Å². The molecule has 0 bridgehead atoms. The van der Waals surface area contributed by atoms with Crippen LogP contribution in [0, 0.1) is 11.8 Å². The number of urea groups is 2. The second-order valence-corrected chi connectivity index (χ2v) is 5.77. The largest absolute Gasteiger partial charge is 0.454 e. The minimum atomic E-state index is -0.874. The van der Waals surface area contributed by atoms with Crippen molar-refractivity contribution in [1.29, 1.82) is 0 Å². The molecule has 130 valence electrons. The lowest BCUT2D eigenvalue weighted by Crippen LogP contribution is -2.50. The third-order valence-corrected chi connectivity index (χ3v) is 4.05. The number of ether oxygens (including phenoxy) is 1. The highest BCUT2D eigenvalue weighted by Crippen LogP contribution is 2.29. The van der Waals surface area contributed by atoms with Crippen LogP contribution >= 0.6 is 0 Å². The molecule has 0 aliphatic heterocycles. The molecule has 1 rings (SSSR count). The summed E-state index contributed by atoms with van der Waals surface area (Å²) in [6.45, 7) is 3.17. The van der Waals surface area contributed by atoms with E-state index in [0.29, 0.717) is 11.8 Å². The Morgan fingerprint density at radius 2 is 1.87 bits per heavy atom. The standard InChI is InChI=1S/C14H24N4O5/c1-8-4-3-5-10(9(8)2)17-14(22)18-11(19)7-23-12(20)6-16-13(15)21/h8-10H,3-7H2,1-2H3,(H3,15,16,21)(H2,17,18,19,22)/t8-,9-,10+/m1/s1. The van der Waals surface area contributed by atoms with E-state index < -0.39 is 37.1 Å². The first-order valence-corrected chi connectivity index (χ1v) is 7.59. The maximum Gasteiger partial charge on any atom is 0.325 e. The van der Waals surface area contributed by atoms with Gasteiger partial charge in [0.1, 0.15) is 6.54 Å². The van der Waals surface area contributed by atoms with Crippen molar-refractivity contribution in [3.63, 3.8) is 0 Å². The molecule has 5 N–H and O–H groups in total. The number of amides is 5. The zero-order valence-corrected chi connectivity index (χ0v) is 13.4. The molecule has 0 saturated heterocycles. The Balaban J connectivity index is 2.27. The van der Waals surface area contributed by atoms with Crippen molar-refractivity contribution >= 4 is 23.9 Å². The fourth-order valence-corrected chi connectivity index (χ4v) is 2.51. The number of carbonyl (C=O) groups is 4. The summed E-state index contributed by atoms with van der Waals surface area (Å²) in [6.07, 6.45) is 3.05. The highest BCUT2D eigenvalue weighted by molar-refractivity contribution is 5.95. The van der Waals surface area contributed by atoms with E-state index in [4.69, 9.17) is 5.73 Å². The number of esters is 1. The fraction of sp³-hybridized carbons (Fsp3) is 0.714. The third kappa shape index (κ3) is 6.98. The second-order valence-electron chi connectivity index (χ2n) is 5.77. The minimum Gasteiger partial charge on any atom is -0.454 e. The highest BCUT2D eigenvalue weighted by atomic mass is 16.5. The molecule has 3 atom stereocenters. The third-order valence-electron chi connectivity index (χ3n) is 4.05. The monoisotopic (exact) mass is 328 g/mol. The van der Waals surface area contributed by atoms with E-state index in [0.717, 1.165) is 19.3 Å². The molecule has 0 aromatic carbocycles. The van der Waals surface area contributed by atoms with Crippen molar-refractivity contribution in [3.05, 3.63) is 0 Å². The topological polar surface area (TPSA) is 140 Å². The smallest absolute Gasteiger partial charge is 0.325 e. The molecule has 0 radical (unpaired) electrons.